The van der Waals surface area contributed by atoms with Gasteiger partial charge in [-0.3, -0.25) is 0 Å². The molecule has 1 aliphatic rings. The van der Waals surface area contributed by atoms with Crippen molar-refractivity contribution in [1.82, 2.24) is 25.1 Å². The van der Waals surface area contributed by atoms with Crippen LogP contribution in [0.15, 0.2) is 53.1 Å². The summed E-state index contributed by atoms with van der Waals surface area (Å²) in [7, 11) is 1.63. The fraction of sp³-hybridized carbons (Fsp3) is 0.238. The number of hydrogen-bond acceptors (Lipinski definition) is 7. The van der Waals surface area contributed by atoms with E-state index in [1.165, 1.54) is 5.56 Å². The SMILES string of the molecule is COc1ccc(-c2nc(-c3nnn4c3CO[C@@H](c3ccc(C)cc3)C4)no2)cc1. The second-order valence-corrected chi connectivity index (χ2v) is 6.93. The predicted octanol–water partition coefficient (Wildman–Crippen LogP) is 3.58. The summed E-state index contributed by atoms with van der Waals surface area (Å²) in [5.41, 5.74) is 4.57. The van der Waals surface area contributed by atoms with Crippen molar-refractivity contribution in [2.24, 2.45) is 0 Å². The molecule has 8 nitrogen and oxygen atoms in total. The summed E-state index contributed by atoms with van der Waals surface area (Å²) in [4.78, 5) is 4.48. The Bertz CT molecular complexity index is 1130. The fourth-order valence-corrected chi connectivity index (χ4v) is 3.34. The average molecular weight is 389 g/mol. The predicted molar refractivity (Wildman–Crippen MR) is 104 cm³/mol. The molecule has 0 bridgehead atoms. The summed E-state index contributed by atoms with van der Waals surface area (Å²) < 4.78 is 18.5. The van der Waals surface area contributed by atoms with E-state index in [1.807, 2.05) is 28.9 Å². The summed E-state index contributed by atoms with van der Waals surface area (Å²) in [5.74, 6) is 1.58. The van der Waals surface area contributed by atoms with Crippen LogP contribution < -0.4 is 4.74 Å². The molecule has 1 aliphatic heterocycles. The largest absolute Gasteiger partial charge is 0.497 e. The second kappa shape index (κ2) is 7.14. The molecule has 0 radical (unpaired) electrons. The lowest BCUT2D eigenvalue weighted by Crippen LogP contribution is -2.22. The van der Waals surface area contributed by atoms with Gasteiger partial charge in [-0.05, 0) is 36.8 Å². The maximum atomic E-state index is 6.07. The molecule has 3 heterocycles. The van der Waals surface area contributed by atoms with Crippen molar-refractivity contribution in [3.63, 3.8) is 0 Å². The summed E-state index contributed by atoms with van der Waals surface area (Å²) in [5, 5.41) is 12.6. The minimum absolute atomic E-state index is 0.0576. The number of rotatable bonds is 4. The van der Waals surface area contributed by atoms with Crippen LogP contribution >= 0.6 is 0 Å². The molecule has 0 aliphatic carbocycles. The summed E-state index contributed by atoms with van der Waals surface area (Å²) in [6, 6.07) is 15.8. The zero-order chi connectivity index (χ0) is 19.8. The van der Waals surface area contributed by atoms with E-state index in [4.69, 9.17) is 14.0 Å². The zero-order valence-electron chi connectivity index (χ0n) is 16.1. The maximum Gasteiger partial charge on any atom is 0.258 e. The number of aromatic nitrogens is 5. The van der Waals surface area contributed by atoms with Gasteiger partial charge in [0.15, 0.2) is 5.69 Å². The molecule has 0 saturated carbocycles. The number of ether oxygens (including phenoxy) is 2. The van der Waals surface area contributed by atoms with E-state index in [0.29, 0.717) is 30.6 Å². The van der Waals surface area contributed by atoms with Crippen LogP contribution in [0.4, 0.5) is 0 Å². The smallest absolute Gasteiger partial charge is 0.258 e. The first kappa shape index (κ1) is 17.6. The van der Waals surface area contributed by atoms with Gasteiger partial charge in [-0.2, -0.15) is 4.98 Å². The fourth-order valence-electron chi connectivity index (χ4n) is 3.34. The van der Waals surface area contributed by atoms with Gasteiger partial charge in [0.05, 0.1) is 26.0 Å². The van der Waals surface area contributed by atoms with Crippen molar-refractivity contribution >= 4 is 0 Å². The van der Waals surface area contributed by atoms with Crippen molar-refractivity contribution in [3.05, 3.63) is 65.4 Å². The summed E-state index contributed by atoms with van der Waals surface area (Å²) >= 11 is 0. The highest BCUT2D eigenvalue weighted by Crippen LogP contribution is 2.31. The average Bonchev–Trinajstić information content (AvgIpc) is 3.41. The second-order valence-electron chi connectivity index (χ2n) is 6.93. The van der Waals surface area contributed by atoms with Gasteiger partial charge in [0.25, 0.3) is 5.89 Å². The lowest BCUT2D eigenvalue weighted by atomic mass is 10.1. The number of methoxy groups -OCH3 is 1. The van der Waals surface area contributed by atoms with E-state index in [2.05, 4.69) is 51.6 Å². The summed E-state index contributed by atoms with van der Waals surface area (Å²) in [6.07, 6.45) is -0.0576. The minimum Gasteiger partial charge on any atom is -0.497 e. The molecular weight excluding hydrogens is 370 g/mol. The number of aryl methyl sites for hydroxylation is 1. The Kier molecular flexibility index (Phi) is 4.33. The molecule has 2 aromatic heterocycles. The molecular formula is C21H19N5O3. The topological polar surface area (TPSA) is 88.1 Å². The maximum absolute atomic E-state index is 6.07. The van der Waals surface area contributed by atoms with Gasteiger partial charge >= 0.3 is 0 Å². The van der Waals surface area contributed by atoms with Gasteiger partial charge < -0.3 is 14.0 Å². The van der Waals surface area contributed by atoms with Crippen molar-refractivity contribution in [2.45, 2.75) is 26.2 Å². The van der Waals surface area contributed by atoms with Crippen molar-refractivity contribution in [2.75, 3.05) is 7.11 Å². The van der Waals surface area contributed by atoms with Crippen molar-refractivity contribution in [3.8, 4) is 28.7 Å². The van der Waals surface area contributed by atoms with E-state index in [9.17, 15) is 0 Å². The first-order valence-corrected chi connectivity index (χ1v) is 9.30. The van der Waals surface area contributed by atoms with E-state index in [0.717, 1.165) is 22.6 Å². The van der Waals surface area contributed by atoms with Gasteiger partial charge in [0, 0.05) is 5.56 Å². The normalized spacial score (nSPS) is 15.9. The van der Waals surface area contributed by atoms with Gasteiger partial charge in [-0.1, -0.05) is 40.2 Å². The van der Waals surface area contributed by atoms with Crippen LogP contribution in [0.2, 0.25) is 0 Å². The van der Waals surface area contributed by atoms with Crippen molar-refractivity contribution < 1.29 is 14.0 Å². The molecule has 0 fully saturated rings. The van der Waals surface area contributed by atoms with Gasteiger partial charge in [0.2, 0.25) is 5.82 Å². The molecule has 8 heteroatoms. The number of hydrogen-bond donors (Lipinski definition) is 0. The highest BCUT2D eigenvalue weighted by atomic mass is 16.5. The van der Waals surface area contributed by atoms with Gasteiger partial charge in [0.1, 0.15) is 11.9 Å². The molecule has 0 unspecified atom stereocenters. The molecule has 5 rings (SSSR count). The molecule has 146 valence electrons. The first-order valence-electron chi connectivity index (χ1n) is 9.30. The van der Waals surface area contributed by atoms with Crippen LogP contribution in [0.5, 0.6) is 5.75 Å². The van der Waals surface area contributed by atoms with Crippen LogP contribution in [-0.2, 0) is 17.9 Å². The van der Waals surface area contributed by atoms with Crippen LogP contribution in [-0.4, -0.2) is 32.2 Å². The van der Waals surface area contributed by atoms with E-state index < -0.39 is 0 Å². The van der Waals surface area contributed by atoms with Crippen LogP contribution in [0, 0.1) is 6.92 Å². The van der Waals surface area contributed by atoms with E-state index in [-0.39, 0.29) is 6.10 Å². The van der Waals surface area contributed by atoms with E-state index in [1.54, 1.807) is 7.11 Å². The molecule has 1 atom stereocenters. The van der Waals surface area contributed by atoms with E-state index >= 15 is 0 Å². The molecule has 0 spiro atoms. The molecule has 29 heavy (non-hydrogen) atoms. The minimum atomic E-state index is -0.0576. The Balaban J connectivity index is 1.39. The molecule has 0 amide bonds. The standard InChI is InChI=1S/C21H19N5O3/c1-13-3-5-14(6-4-13)18-11-26-17(12-28-18)19(23-25-26)20-22-21(29-24-20)15-7-9-16(27-2)10-8-15/h3-10,18H,11-12H2,1-2H3/t18-/m1/s1. The number of benzene rings is 2. The van der Waals surface area contributed by atoms with Crippen molar-refractivity contribution in [1.29, 1.82) is 0 Å². The monoisotopic (exact) mass is 389 g/mol. The highest BCUT2D eigenvalue weighted by molar-refractivity contribution is 5.59. The zero-order valence-corrected chi connectivity index (χ0v) is 16.1. The highest BCUT2D eigenvalue weighted by Gasteiger charge is 2.27. The number of fused-ring (bicyclic) bond motifs is 1. The number of nitrogens with zero attached hydrogens (tertiary/aromatic N) is 5. The molecule has 2 aromatic carbocycles. The molecule has 4 aromatic rings. The Morgan fingerprint density at radius 3 is 2.62 bits per heavy atom. The quantitative estimate of drug-likeness (QED) is 0.527. The van der Waals surface area contributed by atoms with Crippen LogP contribution in [0.3, 0.4) is 0 Å². The third-order valence-electron chi connectivity index (χ3n) is 5.02. The van der Waals surface area contributed by atoms with Gasteiger partial charge in [-0.15, -0.1) is 5.10 Å². The van der Waals surface area contributed by atoms with Gasteiger partial charge in [-0.25, -0.2) is 4.68 Å². The Labute approximate surface area is 167 Å². The van der Waals surface area contributed by atoms with Crippen LogP contribution in [0.25, 0.3) is 23.0 Å². The first-order chi connectivity index (χ1) is 14.2. The Morgan fingerprint density at radius 2 is 1.86 bits per heavy atom. The third-order valence-corrected chi connectivity index (χ3v) is 5.02. The Hall–Kier alpha value is -3.52. The molecule has 0 N–H and O–H groups in total. The van der Waals surface area contributed by atoms with Crippen LogP contribution in [0.1, 0.15) is 22.9 Å². The lowest BCUT2D eigenvalue weighted by Gasteiger charge is -2.24. The Morgan fingerprint density at radius 1 is 1.07 bits per heavy atom. The third kappa shape index (κ3) is 3.27. The molecule has 0 saturated heterocycles. The lowest BCUT2D eigenvalue weighted by molar-refractivity contribution is -0.00112. The summed E-state index contributed by atoms with van der Waals surface area (Å²) in [6.45, 7) is 3.04.